The van der Waals surface area contributed by atoms with Crippen LogP contribution >= 0.6 is 0 Å². The van der Waals surface area contributed by atoms with Crippen molar-refractivity contribution in [3.8, 4) is 0 Å². The summed E-state index contributed by atoms with van der Waals surface area (Å²) in [6.07, 6.45) is 4.01. The molecule has 1 aromatic rings. The molecule has 0 bridgehead atoms. The van der Waals surface area contributed by atoms with Crippen molar-refractivity contribution in [3.05, 3.63) is 35.9 Å². The van der Waals surface area contributed by atoms with Gasteiger partial charge in [-0.2, -0.15) is 0 Å². The van der Waals surface area contributed by atoms with Crippen LogP contribution in [0.25, 0.3) is 0 Å². The van der Waals surface area contributed by atoms with Crippen LogP contribution in [0.5, 0.6) is 0 Å². The molecule has 2 aliphatic rings. The minimum atomic E-state index is 0.00556. The standard InChI is InChI=1S/C22H33N3O2/c1-17(2)22(27)25-14-10-19(11-15-25)21(26)23-20(16-24-12-6-7-13-24)18-8-4-3-5-9-18/h3-5,8-9,17,19-20H,6-7,10-16H2,1-2H3,(H,23,26). The van der Waals surface area contributed by atoms with E-state index in [0.29, 0.717) is 13.1 Å². The molecule has 5 heteroatoms. The Kier molecular flexibility index (Phi) is 6.89. The summed E-state index contributed by atoms with van der Waals surface area (Å²) in [4.78, 5) is 29.4. The molecule has 1 N–H and O–H groups in total. The van der Waals surface area contributed by atoms with Gasteiger partial charge in [0.2, 0.25) is 11.8 Å². The zero-order valence-electron chi connectivity index (χ0n) is 16.7. The zero-order chi connectivity index (χ0) is 19.2. The molecule has 1 atom stereocenters. The molecule has 0 radical (unpaired) electrons. The summed E-state index contributed by atoms with van der Waals surface area (Å²) in [5.74, 6) is 0.369. The van der Waals surface area contributed by atoms with Gasteiger partial charge in [0.15, 0.2) is 0 Å². The molecule has 0 aromatic heterocycles. The van der Waals surface area contributed by atoms with Gasteiger partial charge >= 0.3 is 0 Å². The van der Waals surface area contributed by atoms with Crippen LogP contribution in [-0.2, 0) is 9.59 Å². The highest BCUT2D eigenvalue weighted by Gasteiger charge is 2.30. The molecule has 2 heterocycles. The maximum absolute atomic E-state index is 12.9. The van der Waals surface area contributed by atoms with Crippen LogP contribution in [0.4, 0.5) is 0 Å². The largest absolute Gasteiger partial charge is 0.348 e. The van der Waals surface area contributed by atoms with Crippen LogP contribution in [0.3, 0.4) is 0 Å². The molecule has 0 aliphatic carbocycles. The Morgan fingerprint density at radius 3 is 2.26 bits per heavy atom. The summed E-state index contributed by atoms with van der Waals surface area (Å²) in [6.45, 7) is 8.37. The van der Waals surface area contributed by atoms with Gasteiger partial charge in [0.1, 0.15) is 0 Å². The third kappa shape index (κ3) is 5.32. The van der Waals surface area contributed by atoms with Gasteiger partial charge in [-0.25, -0.2) is 0 Å². The van der Waals surface area contributed by atoms with Gasteiger partial charge in [-0.15, -0.1) is 0 Å². The number of nitrogens with zero attached hydrogens (tertiary/aromatic N) is 2. The lowest BCUT2D eigenvalue weighted by atomic mass is 9.94. The lowest BCUT2D eigenvalue weighted by Gasteiger charge is -2.33. The SMILES string of the molecule is CC(C)C(=O)N1CCC(C(=O)NC(CN2CCCC2)c2ccccc2)CC1. The molecule has 3 rings (SSSR count). The Labute approximate surface area is 163 Å². The van der Waals surface area contributed by atoms with Crippen molar-refractivity contribution in [2.75, 3.05) is 32.7 Å². The van der Waals surface area contributed by atoms with E-state index in [1.165, 1.54) is 18.4 Å². The Morgan fingerprint density at radius 2 is 1.67 bits per heavy atom. The Hall–Kier alpha value is -1.88. The number of hydrogen-bond acceptors (Lipinski definition) is 3. The summed E-state index contributed by atoms with van der Waals surface area (Å²) in [7, 11) is 0. The van der Waals surface area contributed by atoms with E-state index in [1.807, 2.05) is 36.9 Å². The molecule has 2 fully saturated rings. The summed E-state index contributed by atoms with van der Waals surface area (Å²) in [6, 6.07) is 10.3. The second-order valence-corrected chi connectivity index (χ2v) is 8.23. The van der Waals surface area contributed by atoms with Crippen LogP contribution in [0.1, 0.15) is 51.1 Å². The Balaban J connectivity index is 1.58. The van der Waals surface area contributed by atoms with Gasteiger partial charge in [0, 0.05) is 31.5 Å². The molecular formula is C22H33N3O2. The maximum Gasteiger partial charge on any atom is 0.225 e. The number of hydrogen-bond donors (Lipinski definition) is 1. The van der Waals surface area contributed by atoms with Crippen molar-refractivity contribution >= 4 is 11.8 Å². The molecule has 2 aliphatic heterocycles. The van der Waals surface area contributed by atoms with Crippen LogP contribution in [0.2, 0.25) is 0 Å². The van der Waals surface area contributed by atoms with E-state index in [9.17, 15) is 9.59 Å². The number of amides is 2. The van der Waals surface area contributed by atoms with Gasteiger partial charge in [0.25, 0.3) is 0 Å². The predicted octanol–water partition coefficient (Wildman–Crippen LogP) is 2.83. The first-order valence-corrected chi connectivity index (χ1v) is 10.4. The van der Waals surface area contributed by atoms with Crippen LogP contribution in [0, 0.1) is 11.8 Å². The summed E-state index contributed by atoms with van der Waals surface area (Å²) in [5.41, 5.74) is 1.17. The van der Waals surface area contributed by atoms with Gasteiger partial charge in [-0.1, -0.05) is 44.2 Å². The van der Waals surface area contributed by atoms with E-state index >= 15 is 0 Å². The molecular weight excluding hydrogens is 338 g/mol. The maximum atomic E-state index is 12.9. The lowest BCUT2D eigenvalue weighted by Crippen LogP contribution is -2.46. The fourth-order valence-electron chi connectivity index (χ4n) is 4.16. The van der Waals surface area contributed by atoms with Crippen molar-refractivity contribution in [1.82, 2.24) is 15.1 Å². The summed E-state index contributed by atoms with van der Waals surface area (Å²) >= 11 is 0. The van der Waals surface area contributed by atoms with Crippen LogP contribution < -0.4 is 5.32 Å². The van der Waals surface area contributed by atoms with E-state index in [0.717, 1.165) is 32.5 Å². The number of piperidine rings is 1. The minimum Gasteiger partial charge on any atom is -0.348 e. The zero-order valence-corrected chi connectivity index (χ0v) is 16.7. The first kappa shape index (κ1) is 19.9. The molecule has 27 heavy (non-hydrogen) atoms. The molecule has 1 aromatic carbocycles. The second kappa shape index (κ2) is 9.36. The highest BCUT2D eigenvalue weighted by molar-refractivity contribution is 5.81. The number of carbonyl (C=O) groups excluding carboxylic acids is 2. The number of rotatable bonds is 6. The first-order valence-electron chi connectivity index (χ1n) is 10.4. The molecule has 0 saturated carbocycles. The Bertz CT molecular complexity index is 618. The number of carbonyl (C=O) groups is 2. The highest BCUT2D eigenvalue weighted by Crippen LogP contribution is 2.22. The third-order valence-corrected chi connectivity index (χ3v) is 5.83. The van der Waals surface area contributed by atoms with Crippen molar-refractivity contribution in [2.24, 2.45) is 11.8 Å². The minimum absolute atomic E-state index is 0.00556. The smallest absolute Gasteiger partial charge is 0.225 e. The quantitative estimate of drug-likeness (QED) is 0.837. The highest BCUT2D eigenvalue weighted by atomic mass is 16.2. The molecule has 148 valence electrons. The Morgan fingerprint density at radius 1 is 1.04 bits per heavy atom. The van der Waals surface area contributed by atoms with Gasteiger partial charge in [-0.05, 0) is 44.3 Å². The average molecular weight is 372 g/mol. The van der Waals surface area contributed by atoms with E-state index < -0.39 is 0 Å². The first-order chi connectivity index (χ1) is 13.0. The van der Waals surface area contributed by atoms with E-state index in [4.69, 9.17) is 0 Å². The number of likely N-dealkylation sites (tertiary alicyclic amines) is 2. The lowest BCUT2D eigenvalue weighted by molar-refractivity contribution is -0.138. The van der Waals surface area contributed by atoms with Gasteiger partial charge in [-0.3, -0.25) is 9.59 Å². The molecule has 5 nitrogen and oxygen atoms in total. The van der Waals surface area contributed by atoms with Crippen LogP contribution in [-0.4, -0.2) is 54.3 Å². The molecule has 2 amide bonds. The second-order valence-electron chi connectivity index (χ2n) is 8.23. The van der Waals surface area contributed by atoms with Crippen molar-refractivity contribution in [1.29, 1.82) is 0 Å². The average Bonchev–Trinajstić information content (AvgIpc) is 3.20. The molecule has 1 unspecified atom stereocenters. The van der Waals surface area contributed by atoms with Crippen molar-refractivity contribution in [2.45, 2.75) is 45.6 Å². The number of benzene rings is 1. The normalized spacial score (nSPS) is 20.0. The number of nitrogens with one attached hydrogen (secondary N) is 1. The summed E-state index contributed by atoms with van der Waals surface area (Å²) < 4.78 is 0. The van der Waals surface area contributed by atoms with E-state index in [1.54, 1.807) is 0 Å². The molecule has 0 spiro atoms. The third-order valence-electron chi connectivity index (χ3n) is 5.83. The van der Waals surface area contributed by atoms with Crippen molar-refractivity contribution < 1.29 is 9.59 Å². The predicted molar refractivity (Wildman–Crippen MR) is 107 cm³/mol. The monoisotopic (exact) mass is 371 g/mol. The fraction of sp³-hybridized carbons (Fsp3) is 0.636. The topological polar surface area (TPSA) is 52.7 Å². The summed E-state index contributed by atoms with van der Waals surface area (Å²) in [5, 5.41) is 3.31. The van der Waals surface area contributed by atoms with E-state index in [-0.39, 0.29) is 29.7 Å². The molecule has 2 saturated heterocycles. The van der Waals surface area contributed by atoms with E-state index in [2.05, 4.69) is 22.3 Å². The van der Waals surface area contributed by atoms with Crippen LogP contribution in [0.15, 0.2) is 30.3 Å². The van der Waals surface area contributed by atoms with Gasteiger partial charge in [0.05, 0.1) is 6.04 Å². The van der Waals surface area contributed by atoms with Crippen molar-refractivity contribution in [3.63, 3.8) is 0 Å². The fourth-order valence-corrected chi connectivity index (χ4v) is 4.16. The van der Waals surface area contributed by atoms with Gasteiger partial charge < -0.3 is 15.1 Å².